The first kappa shape index (κ1) is 15.0. The van der Waals surface area contributed by atoms with Crippen LogP contribution in [0.1, 0.15) is 53.4 Å². The van der Waals surface area contributed by atoms with E-state index >= 15 is 0 Å². The van der Waals surface area contributed by atoms with Gasteiger partial charge in [0.05, 0.1) is 0 Å². The first-order valence-corrected chi connectivity index (χ1v) is 7.32. The van der Waals surface area contributed by atoms with Crippen LogP contribution in [0.25, 0.3) is 0 Å². The first-order valence-electron chi connectivity index (χ1n) is 7.32. The van der Waals surface area contributed by atoms with Gasteiger partial charge < -0.3 is 10.2 Å². The SMILES string of the molecule is CC1CC1CN(C)CCCCCNC(C)(C)C. The zero-order chi connectivity index (χ0) is 12.9. The van der Waals surface area contributed by atoms with Crippen molar-refractivity contribution in [3.63, 3.8) is 0 Å². The Morgan fingerprint density at radius 3 is 2.35 bits per heavy atom. The Labute approximate surface area is 108 Å². The van der Waals surface area contributed by atoms with Gasteiger partial charge in [-0.2, -0.15) is 0 Å². The molecule has 0 radical (unpaired) electrons. The molecule has 0 amide bonds. The number of rotatable bonds is 8. The third kappa shape index (κ3) is 7.77. The topological polar surface area (TPSA) is 15.3 Å². The number of hydrogen-bond donors (Lipinski definition) is 1. The fourth-order valence-electron chi connectivity index (χ4n) is 2.29. The van der Waals surface area contributed by atoms with Crippen LogP contribution in [0.4, 0.5) is 0 Å². The maximum Gasteiger partial charge on any atom is 0.00965 e. The van der Waals surface area contributed by atoms with Crippen molar-refractivity contribution in [3.8, 4) is 0 Å². The van der Waals surface area contributed by atoms with Gasteiger partial charge in [0.2, 0.25) is 0 Å². The molecule has 0 aromatic carbocycles. The molecule has 17 heavy (non-hydrogen) atoms. The molecular weight excluding hydrogens is 208 g/mol. The Morgan fingerprint density at radius 1 is 1.18 bits per heavy atom. The summed E-state index contributed by atoms with van der Waals surface area (Å²) in [6.07, 6.45) is 5.47. The van der Waals surface area contributed by atoms with E-state index in [1.54, 1.807) is 0 Å². The third-order valence-electron chi connectivity index (χ3n) is 3.69. The van der Waals surface area contributed by atoms with E-state index in [9.17, 15) is 0 Å². The largest absolute Gasteiger partial charge is 0.312 e. The lowest BCUT2D eigenvalue weighted by Crippen LogP contribution is -2.36. The second-order valence-corrected chi connectivity index (χ2v) is 6.97. The van der Waals surface area contributed by atoms with Gasteiger partial charge in [-0.15, -0.1) is 0 Å². The Morgan fingerprint density at radius 2 is 1.82 bits per heavy atom. The average Bonchev–Trinajstić information content (AvgIpc) is 2.86. The maximum absolute atomic E-state index is 3.54. The smallest absolute Gasteiger partial charge is 0.00965 e. The van der Waals surface area contributed by atoms with Crippen LogP contribution in [0.5, 0.6) is 0 Å². The first-order chi connectivity index (χ1) is 7.88. The highest BCUT2D eigenvalue weighted by Crippen LogP contribution is 2.37. The monoisotopic (exact) mass is 240 g/mol. The second kappa shape index (κ2) is 6.75. The standard InChI is InChI=1S/C15H32N2/c1-13-11-14(13)12-17(5)10-8-6-7-9-16-15(2,3)4/h13-14,16H,6-12H2,1-5H3. The van der Waals surface area contributed by atoms with Gasteiger partial charge in [-0.3, -0.25) is 0 Å². The summed E-state index contributed by atoms with van der Waals surface area (Å²) in [7, 11) is 2.28. The number of unbranched alkanes of at least 4 members (excludes halogenated alkanes) is 2. The Balaban J connectivity index is 1.86. The van der Waals surface area contributed by atoms with Crippen molar-refractivity contribution in [1.82, 2.24) is 10.2 Å². The molecule has 0 aromatic rings. The lowest BCUT2D eigenvalue weighted by atomic mass is 10.1. The van der Waals surface area contributed by atoms with Gasteiger partial charge in [-0.05, 0) is 72.0 Å². The van der Waals surface area contributed by atoms with Crippen LogP contribution in [0.3, 0.4) is 0 Å². The van der Waals surface area contributed by atoms with Crippen LogP contribution in [0.15, 0.2) is 0 Å². The molecule has 2 atom stereocenters. The van der Waals surface area contributed by atoms with E-state index in [1.165, 1.54) is 38.8 Å². The van der Waals surface area contributed by atoms with Gasteiger partial charge in [-0.25, -0.2) is 0 Å². The normalized spacial score (nSPS) is 24.4. The molecule has 2 heteroatoms. The van der Waals surface area contributed by atoms with Crippen molar-refractivity contribution in [2.75, 3.05) is 26.7 Å². The molecule has 1 N–H and O–H groups in total. The van der Waals surface area contributed by atoms with E-state index in [0.29, 0.717) is 0 Å². The summed E-state index contributed by atoms with van der Waals surface area (Å²) < 4.78 is 0. The van der Waals surface area contributed by atoms with Crippen molar-refractivity contribution in [2.45, 2.75) is 58.9 Å². The van der Waals surface area contributed by atoms with Gasteiger partial charge in [0, 0.05) is 12.1 Å². The Bertz CT molecular complexity index is 207. The molecule has 2 unspecified atom stereocenters. The van der Waals surface area contributed by atoms with Crippen molar-refractivity contribution < 1.29 is 0 Å². The average molecular weight is 240 g/mol. The van der Waals surface area contributed by atoms with E-state index in [4.69, 9.17) is 0 Å². The van der Waals surface area contributed by atoms with Gasteiger partial charge in [-0.1, -0.05) is 13.3 Å². The lowest BCUT2D eigenvalue weighted by Gasteiger charge is -2.20. The van der Waals surface area contributed by atoms with Crippen LogP contribution >= 0.6 is 0 Å². The minimum atomic E-state index is 0.277. The number of nitrogens with zero attached hydrogens (tertiary/aromatic N) is 1. The van der Waals surface area contributed by atoms with Crippen LogP contribution < -0.4 is 5.32 Å². The highest BCUT2D eigenvalue weighted by atomic mass is 15.1. The molecule has 0 aromatic heterocycles. The van der Waals surface area contributed by atoms with Crippen LogP contribution in [0, 0.1) is 11.8 Å². The van der Waals surface area contributed by atoms with E-state index in [2.05, 4.69) is 45.0 Å². The predicted octanol–water partition coefficient (Wildman–Crippen LogP) is 3.13. The molecular formula is C15H32N2. The molecule has 1 rings (SSSR count). The molecule has 1 fully saturated rings. The minimum absolute atomic E-state index is 0.277. The minimum Gasteiger partial charge on any atom is -0.312 e. The fourth-order valence-corrected chi connectivity index (χ4v) is 2.29. The summed E-state index contributed by atoms with van der Waals surface area (Å²) in [5.41, 5.74) is 0.277. The van der Waals surface area contributed by atoms with E-state index in [0.717, 1.165) is 18.4 Å². The molecule has 2 nitrogen and oxygen atoms in total. The number of hydrogen-bond acceptors (Lipinski definition) is 2. The molecule has 0 bridgehead atoms. The summed E-state index contributed by atoms with van der Waals surface area (Å²) in [6.45, 7) is 12.8. The van der Waals surface area contributed by atoms with Crippen molar-refractivity contribution in [1.29, 1.82) is 0 Å². The molecule has 0 aliphatic heterocycles. The molecule has 0 spiro atoms. The summed E-state index contributed by atoms with van der Waals surface area (Å²) >= 11 is 0. The van der Waals surface area contributed by atoms with Gasteiger partial charge >= 0.3 is 0 Å². The summed E-state index contributed by atoms with van der Waals surface area (Å²) in [6, 6.07) is 0. The van der Waals surface area contributed by atoms with Crippen LogP contribution in [-0.4, -0.2) is 37.1 Å². The molecule has 1 aliphatic carbocycles. The molecule has 102 valence electrons. The molecule has 0 saturated heterocycles. The molecule has 1 aliphatic rings. The Hall–Kier alpha value is -0.0800. The predicted molar refractivity (Wildman–Crippen MR) is 76.4 cm³/mol. The number of nitrogens with one attached hydrogen (secondary N) is 1. The lowest BCUT2D eigenvalue weighted by molar-refractivity contribution is 0.305. The second-order valence-electron chi connectivity index (χ2n) is 6.97. The quantitative estimate of drug-likeness (QED) is 0.656. The summed E-state index contributed by atoms with van der Waals surface area (Å²) in [4.78, 5) is 2.52. The van der Waals surface area contributed by atoms with E-state index < -0.39 is 0 Å². The third-order valence-corrected chi connectivity index (χ3v) is 3.69. The van der Waals surface area contributed by atoms with Crippen molar-refractivity contribution in [2.24, 2.45) is 11.8 Å². The zero-order valence-corrected chi connectivity index (χ0v) is 12.6. The van der Waals surface area contributed by atoms with E-state index in [1.807, 2.05) is 0 Å². The van der Waals surface area contributed by atoms with Gasteiger partial charge in [0.1, 0.15) is 0 Å². The highest BCUT2D eigenvalue weighted by molar-refractivity contribution is 4.84. The zero-order valence-electron chi connectivity index (χ0n) is 12.6. The van der Waals surface area contributed by atoms with Gasteiger partial charge in [0.15, 0.2) is 0 Å². The van der Waals surface area contributed by atoms with Crippen LogP contribution in [-0.2, 0) is 0 Å². The molecule has 0 heterocycles. The van der Waals surface area contributed by atoms with Crippen molar-refractivity contribution >= 4 is 0 Å². The van der Waals surface area contributed by atoms with Crippen molar-refractivity contribution in [3.05, 3.63) is 0 Å². The van der Waals surface area contributed by atoms with Crippen LogP contribution in [0.2, 0.25) is 0 Å². The highest BCUT2D eigenvalue weighted by Gasteiger charge is 2.32. The van der Waals surface area contributed by atoms with Gasteiger partial charge in [0.25, 0.3) is 0 Å². The Kier molecular flexibility index (Phi) is 5.94. The summed E-state index contributed by atoms with van der Waals surface area (Å²) in [5, 5.41) is 3.54. The van der Waals surface area contributed by atoms with E-state index in [-0.39, 0.29) is 5.54 Å². The summed E-state index contributed by atoms with van der Waals surface area (Å²) in [5.74, 6) is 2.00. The molecule has 1 saturated carbocycles. The maximum atomic E-state index is 3.54. The fraction of sp³-hybridized carbons (Fsp3) is 1.00.